The van der Waals surface area contributed by atoms with Crippen molar-refractivity contribution in [1.29, 1.82) is 0 Å². The minimum Gasteiger partial charge on any atom is -0.507 e. The van der Waals surface area contributed by atoms with E-state index in [4.69, 9.17) is 4.42 Å². The van der Waals surface area contributed by atoms with Crippen LogP contribution in [0.5, 0.6) is 5.75 Å². The normalized spacial score (nSPS) is 10.7. The molecule has 166 valence electrons. The SMILES string of the molecule is O=C(Nc1cnc(-c2ccc(-c3ccccc3)cc2-c2ccc(F)cc2O)o1)c1ccccc1. The van der Waals surface area contributed by atoms with E-state index in [1.165, 1.54) is 18.3 Å². The highest BCUT2D eigenvalue weighted by molar-refractivity contribution is 6.03. The maximum atomic E-state index is 13.7. The number of benzene rings is 4. The Labute approximate surface area is 195 Å². The molecule has 0 radical (unpaired) electrons. The molecule has 0 spiro atoms. The number of hydrogen-bond donors (Lipinski definition) is 2. The fraction of sp³-hybridized carbons (Fsp3) is 0. The number of aromatic nitrogens is 1. The van der Waals surface area contributed by atoms with Gasteiger partial charge in [-0.3, -0.25) is 10.1 Å². The fourth-order valence-electron chi connectivity index (χ4n) is 3.73. The highest BCUT2D eigenvalue weighted by Gasteiger charge is 2.18. The molecule has 0 saturated carbocycles. The number of nitrogens with one attached hydrogen (secondary N) is 1. The van der Waals surface area contributed by atoms with Crippen LogP contribution in [-0.4, -0.2) is 16.0 Å². The van der Waals surface area contributed by atoms with Gasteiger partial charge in [0.05, 0.1) is 6.20 Å². The topological polar surface area (TPSA) is 75.4 Å². The van der Waals surface area contributed by atoms with Gasteiger partial charge >= 0.3 is 0 Å². The molecule has 2 N–H and O–H groups in total. The average Bonchev–Trinajstić information content (AvgIpc) is 3.33. The number of phenols is 1. The molecule has 4 aromatic carbocycles. The Morgan fingerprint density at radius 2 is 1.50 bits per heavy atom. The zero-order valence-electron chi connectivity index (χ0n) is 17.9. The van der Waals surface area contributed by atoms with Crippen LogP contribution in [0, 0.1) is 5.82 Å². The molecule has 1 aromatic heterocycles. The number of carbonyl (C=O) groups excluding carboxylic acids is 1. The highest BCUT2D eigenvalue weighted by atomic mass is 19.1. The van der Waals surface area contributed by atoms with Crippen molar-refractivity contribution in [3.05, 3.63) is 115 Å². The molecule has 34 heavy (non-hydrogen) atoms. The summed E-state index contributed by atoms with van der Waals surface area (Å²) in [5.74, 6) is -0.620. The van der Waals surface area contributed by atoms with Crippen LogP contribution in [0.15, 0.2) is 108 Å². The minimum absolute atomic E-state index is 0.185. The molecule has 0 aliphatic heterocycles. The molecule has 5 rings (SSSR count). The quantitative estimate of drug-likeness (QED) is 0.310. The summed E-state index contributed by atoms with van der Waals surface area (Å²) in [7, 11) is 0. The third-order valence-corrected chi connectivity index (χ3v) is 5.39. The van der Waals surface area contributed by atoms with Gasteiger partial charge in [-0.25, -0.2) is 9.37 Å². The Kier molecular flexibility index (Phi) is 5.62. The van der Waals surface area contributed by atoms with E-state index in [0.29, 0.717) is 22.3 Å². The third-order valence-electron chi connectivity index (χ3n) is 5.39. The van der Waals surface area contributed by atoms with E-state index in [9.17, 15) is 14.3 Å². The first-order chi connectivity index (χ1) is 16.6. The summed E-state index contributed by atoms with van der Waals surface area (Å²) >= 11 is 0. The lowest BCUT2D eigenvalue weighted by Crippen LogP contribution is -2.10. The van der Waals surface area contributed by atoms with Crippen LogP contribution in [0.4, 0.5) is 10.3 Å². The van der Waals surface area contributed by atoms with Gasteiger partial charge in [0.15, 0.2) is 0 Å². The van der Waals surface area contributed by atoms with Gasteiger partial charge < -0.3 is 9.52 Å². The van der Waals surface area contributed by atoms with Crippen LogP contribution < -0.4 is 5.32 Å². The maximum Gasteiger partial charge on any atom is 0.258 e. The van der Waals surface area contributed by atoms with Crippen molar-refractivity contribution >= 4 is 11.8 Å². The molecular formula is C28H19FN2O3. The van der Waals surface area contributed by atoms with Gasteiger partial charge in [0.25, 0.3) is 5.91 Å². The first-order valence-corrected chi connectivity index (χ1v) is 10.6. The van der Waals surface area contributed by atoms with Crippen LogP contribution in [0.3, 0.4) is 0 Å². The molecule has 0 aliphatic rings. The number of aromatic hydroxyl groups is 1. The van der Waals surface area contributed by atoms with Gasteiger partial charge in [-0.15, -0.1) is 0 Å². The van der Waals surface area contributed by atoms with Gasteiger partial charge in [-0.2, -0.15) is 0 Å². The third kappa shape index (κ3) is 4.29. The van der Waals surface area contributed by atoms with E-state index in [2.05, 4.69) is 10.3 Å². The Balaban J connectivity index is 1.55. The van der Waals surface area contributed by atoms with Crippen LogP contribution in [-0.2, 0) is 0 Å². The van der Waals surface area contributed by atoms with Crippen molar-refractivity contribution in [3.63, 3.8) is 0 Å². The van der Waals surface area contributed by atoms with Gasteiger partial charge in [0.2, 0.25) is 11.8 Å². The molecule has 1 amide bonds. The zero-order valence-corrected chi connectivity index (χ0v) is 17.9. The number of phenolic OH excluding ortho intramolecular Hbond substituents is 1. The number of rotatable bonds is 5. The molecule has 0 aliphatic carbocycles. The standard InChI is InChI=1S/C28H19FN2O3/c29-21-12-14-22(25(32)16-21)24-15-20(18-7-3-1-4-8-18)11-13-23(24)28-30-17-26(34-28)31-27(33)19-9-5-2-6-10-19/h1-17,32H,(H,31,33). The second kappa shape index (κ2) is 9.03. The van der Waals surface area contributed by atoms with Crippen LogP contribution in [0.1, 0.15) is 10.4 Å². The van der Waals surface area contributed by atoms with E-state index in [-0.39, 0.29) is 23.4 Å². The molecule has 0 saturated heterocycles. The van der Waals surface area contributed by atoms with Gasteiger partial charge in [0.1, 0.15) is 11.6 Å². The van der Waals surface area contributed by atoms with Gasteiger partial charge in [-0.1, -0.05) is 54.6 Å². The molecule has 0 unspecified atom stereocenters. The average molecular weight is 450 g/mol. The second-order valence-corrected chi connectivity index (χ2v) is 7.64. The molecule has 5 aromatic rings. The van der Waals surface area contributed by atoms with Crippen molar-refractivity contribution in [2.45, 2.75) is 0 Å². The first-order valence-electron chi connectivity index (χ1n) is 10.6. The predicted octanol–water partition coefficient (Wildman–Crippen LogP) is 6.77. The van der Waals surface area contributed by atoms with Crippen molar-refractivity contribution in [3.8, 4) is 39.5 Å². The predicted molar refractivity (Wildman–Crippen MR) is 129 cm³/mol. The smallest absolute Gasteiger partial charge is 0.258 e. The van der Waals surface area contributed by atoms with Crippen LogP contribution in [0.25, 0.3) is 33.7 Å². The molecular weight excluding hydrogens is 431 g/mol. The molecule has 6 heteroatoms. The number of carbonyl (C=O) groups is 1. The Morgan fingerprint density at radius 3 is 2.24 bits per heavy atom. The van der Waals surface area contributed by atoms with E-state index >= 15 is 0 Å². The summed E-state index contributed by atoms with van der Waals surface area (Å²) in [5, 5.41) is 13.2. The van der Waals surface area contributed by atoms with Crippen molar-refractivity contribution in [2.75, 3.05) is 5.32 Å². The van der Waals surface area contributed by atoms with Gasteiger partial charge in [-0.05, 0) is 53.1 Å². The number of oxazole rings is 1. The summed E-state index contributed by atoms with van der Waals surface area (Å²) in [4.78, 5) is 16.8. The summed E-state index contributed by atoms with van der Waals surface area (Å²) < 4.78 is 19.5. The summed E-state index contributed by atoms with van der Waals surface area (Å²) in [5.41, 5.74) is 4.02. The Hall–Kier alpha value is -4.71. The maximum absolute atomic E-state index is 13.7. The molecule has 0 atom stereocenters. The summed E-state index contributed by atoms with van der Waals surface area (Å²) in [6.07, 6.45) is 1.43. The zero-order chi connectivity index (χ0) is 23.5. The lowest BCUT2D eigenvalue weighted by Gasteiger charge is -2.12. The Morgan fingerprint density at radius 1 is 0.794 bits per heavy atom. The summed E-state index contributed by atoms with van der Waals surface area (Å²) in [6.45, 7) is 0. The van der Waals surface area contributed by atoms with Gasteiger partial charge in [0, 0.05) is 22.8 Å². The first kappa shape index (κ1) is 21.2. The largest absolute Gasteiger partial charge is 0.507 e. The highest BCUT2D eigenvalue weighted by Crippen LogP contribution is 2.39. The minimum atomic E-state index is -0.538. The van der Waals surface area contributed by atoms with E-state index in [0.717, 1.165) is 17.2 Å². The van der Waals surface area contributed by atoms with Crippen molar-refractivity contribution in [2.24, 2.45) is 0 Å². The lowest BCUT2D eigenvalue weighted by molar-refractivity contribution is 0.102. The van der Waals surface area contributed by atoms with Crippen molar-refractivity contribution < 1.29 is 18.7 Å². The van der Waals surface area contributed by atoms with Crippen LogP contribution >= 0.6 is 0 Å². The Bertz CT molecular complexity index is 1460. The molecule has 1 heterocycles. The molecule has 5 nitrogen and oxygen atoms in total. The lowest BCUT2D eigenvalue weighted by atomic mass is 9.94. The van der Waals surface area contributed by atoms with Crippen LogP contribution in [0.2, 0.25) is 0 Å². The second-order valence-electron chi connectivity index (χ2n) is 7.64. The van der Waals surface area contributed by atoms with E-state index in [1.54, 1.807) is 24.3 Å². The molecule has 0 bridgehead atoms. The fourth-order valence-corrected chi connectivity index (χ4v) is 3.73. The number of anilines is 1. The van der Waals surface area contributed by atoms with E-state index in [1.807, 2.05) is 54.6 Å². The number of nitrogens with zero attached hydrogens (tertiary/aromatic N) is 1. The van der Waals surface area contributed by atoms with Crippen molar-refractivity contribution in [1.82, 2.24) is 4.98 Å². The van der Waals surface area contributed by atoms with E-state index < -0.39 is 5.82 Å². The summed E-state index contributed by atoms with van der Waals surface area (Å²) in [6, 6.07) is 28.0. The number of amides is 1. The molecule has 0 fully saturated rings. The number of halogens is 1. The monoisotopic (exact) mass is 450 g/mol. The number of hydrogen-bond acceptors (Lipinski definition) is 4.